The van der Waals surface area contributed by atoms with Crippen LogP contribution in [0.2, 0.25) is 0 Å². The molecule has 0 bridgehead atoms. The largest absolute Gasteiger partial charge is 0.282 e. The minimum absolute atomic E-state index is 0.214. The van der Waals surface area contributed by atoms with Gasteiger partial charge in [0.1, 0.15) is 0 Å². The van der Waals surface area contributed by atoms with Gasteiger partial charge in [-0.2, -0.15) is 12.8 Å². The molecule has 3 nitrogen and oxygen atoms in total. The van der Waals surface area contributed by atoms with Crippen LogP contribution in [0.1, 0.15) is 36.5 Å². The van der Waals surface area contributed by atoms with Gasteiger partial charge in [0.05, 0.1) is 4.90 Å². The minimum atomic E-state index is -3.65. The van der Waals surface area contributed by atoms with E-state index in [0.717, 1.165) is 16.7 Å². The van der Waals surface area contributed by atoms with Crippen LogP contribution in [0.3, 0.4) is 0 Å². The molecule has 0 aliphatic carbocycles. The van der Waals surface area contributed by atoms with Crippen molar-refractivity contribution in [3.63, 3.8) is 0 Å². The summed E-state index contributed by atoms with van der Waals surface area (Å²) in [6, 6.07) is 14.4. The van der Waals surface area contributed by atoms with Gasteiger partial charge in [-0.05, 0) is 36.1 Å². The van der Waals surface area contributed by atoms with E-state index < -0.39 is 10.0 Å². The van der Waals surface area contributed by atoms with Crippen molar-refractivity contribution in [2.24, 2.45) is 4.40 Å². The van der Waals surface area contributed by atoms with E-state index in [0.29, 0.717) is 5.92 Å². The van der Waals surface area contributed by atoms with Gasteiger partial charge in [-0.15, -0.1) is 0 Å². The zero-order valence-corrected chi connectivity index (χ0v) is 13.3. The first kappa shape index (κ1) is 15.4. The molecule has 21 heavy (non-hydrogen) atoms. The molecular weight excluding hydrogens is 282 g/mol. The molecule has 0 saturated carbocycles. The lowest BCUT2D eigenvalue weighted by atomic mass is 9.98. The van der Waals surface area contributed by atoms with E-state index >= 15 is 0 Å². The zero-order valence-electron chi connectivity index (χ0n) is 12.4. The predicted octanol–water partition coefficient (Wildman–Crippen LogP) is 3.93. The van der Waals surface area contributed by atoms with Crippen LogP contribution in [0.5, 0.6) is 0 Å². The van der Waals surface area contributed by atoms with E-state index in [2.05, 4.69) is 18.2 Å². The summed E-state index contributed by atoms with van der Waals surface area (Å²) in [6.45, 7) is 6.06. The normalized spacial score (nSPS) is 12.2. The van der Waals surface area contributed by atoms with Gasteiger partial charge in [0.15, 0.2) is 0 Å². The Bertz CT molecular complexity index is 745. The molecule has 2 aromatic carbocycles. The maximum atomic E-state index is 12.2. The highest BCUT2D eigenvalue weighted by atomic mass is 32.2. The molecule has 4 heteroatoms. The maximum absolute atomic E-state index is 12.2. The molecule has 0 fully saturated rings. The molecule has 0 aliphatic rings. The smallest absolute Gasteiger partial charge is 0.199 e. The topological polar surface area (TPSA) is 46.5 Å². The third-order valence-electron chi connectivity index (χ3n) is 3.27. The Labute approximate surface area is 126 Å². The van der Waals surface area contributed by atoms with Crippen molar-refractivity contribution in [1.29, 1.82) is 0 Å². The summed E-state index contributed by atoms with van der Waals surface area (Å²) in [7, 11) is -3.65. The molecule has 0 heterocycles. The van der Waals surface area contributed by atoms with E-state index in [1.807, 2.05) is 31.2 Å². The standard InChI is InChI=1S/C17H19NO2S/c1-13(2)17-7-5-4-6-15(17)12-18-21(19,20)16-10-8-14(3)9-11-16/h4-13H,1-3H3. The van der Waals surface area contributed by atoms with E-state index in [1.54, 1.807) is 24.3 Å². The molecule has 0 N–H and O–H groups in total. The molecule has 0 atom stereocenters. The zero-order chi connectivity index (χ0) is 15.5. The Balaban J connectivity index is 2.35. The van der Waals surface area contributed by atoms with Crippen LogP contribution < -0.4 is 0 Å². The highest BCUT2D eigenvalue weighted by molar-refractivity contribution is 7.90. The van der Waals surface area contributed by atoms with Crippen LogP contribution in [0.15, 0.2) is 57.8 Å². The number of hydrogen-bond donors (Lipinski definition) is 0. The quantitative estimate of drug-likeness (QED) is 0.803. The summed E-state index contributed by atoms with van der Waals surface area (Å²) >= 11 is 0. The number of rotatable bonds is 4. The van der Waals surface area contributed by atoms with Gasteiger partial charge >= 0.3 is 0 Å². The highest BCUT2D eigenvalue weighted by Crippen LogP contribution is 2.19. The third-order valence-corrected chi connectivity index (χ3v) is 4.52. The monoisotopic (exact) mass is 301 g/mol. The molecular formula is C17H19NO2S. The second-order valence-corrected chi connectivity index (χ2v) is 6.94. The highest BCUT2D eigenvalue weighted by Gasteiger charge is 2.11. The Kier molecular flexibility index (Phi) is 4.58. The average molecular weight is 301 g/mol. The first-order valence-corrected chi connectivity index (χ1v) is 8.30. The Morgan fingerprint density at radius 1 is 1.00 bits per heavy atom. The fourth-order valence-electron chi connectivity index (χ4n) is 2.05. The lowest BCUT2D eigenvalue weighted by Gasteiger charge is -2.08. The van der Waals surface area contributed by atoms with E-state index in [9.17, 15) is 8.42 Å². The molecule has 0 spiro atoms. The molecule has 0 radical (unpaired) electrons. The van der Waals surface area contributed by atoms with Crippen LogP contribution in [0.4, 0.5) is 0 Å². The van der Waals surface area contributed by atoms with Crippen molar-refractivity contribution in [3.8, 4) is 0 Å². The van der Waals surface area contributed by atoms with Gasteiger partial charge in [-0.3, -0.25) is 0 Å². The Morgan fingerprint density at radius 3 is 2.24 bits per heavy atom. The van der Waals surface area contributed by atoms with Crippen molar-refractivity contribution in [1.82, 2.24) is 0 Å². The van der Waals surface area contributed by atoms with Crippen molar-refractivity contribution < 1.29 is 8.42 Å². The second kappa shape index (κ2) is 6.22. The molecule has 0 unspecified atom stereocenters. The van der Waals surface area contributed by atoms with Crippen LogP contribution >= 0.6 is 0 Å². The summed E-state index contributed by atoms with van der Waals surface area (Å²) < 4.78 is 28.2. The molecule has 110 valence electrons. The van der Waals surface area contributed by atoms with E-state index in [4.69, 9.17) is 0 Å². The molecule has 0 amide bonds. The number of aryl methyl sites for hydroxylation is 1. The first-order chi connectivity index (χ1) is 9.90. The molecule has 0 aromatic heterocycles. The van der Waals surface area contributed by atoms with Gasteiger partial charge in [-0.1, -0.05) is 55.8 Å². The Morgan fingerprint density at radius 2 is 1.62 bits per heavy atom. The fraction of sp³-hybridized carbons (Fsp3) is 0.235. The van der Waals surface area contributed by atoms with Gasteiger partial charge in [-0.25, -0.2) is 0 Å². The summed E-state index contributed by atoms with van der Waals surface area (Å²) in [6.07, 6.45) is 1.44. The maximum Gasteiger partial charge on any atom is 0.282 e. The van der Waals surface area contributed by atoms with Crippen LogP contribution in [-0.2, 0) is 10.0 Å². The summed E-state index contributed by atoms with van der Waals surface area (Å²) in [5.41, 5.74) is 2.94. The van der Waals surface area contributed by atoms with Crippen molar-refractivity contribution >= 4 is 16.2 Å². The number of hydrogen-bond acceptors (Lipinski definition) is 2. The average Bonchev–Trinajstić information content (AvgIpc) is 2.46. The second-order valence-electron chi connectivity index (χ2n) is 5.31. The number of sulfonamides is 1. The summed E-state index contributed by atoms with van der Waals surface area (Å²) in [4.78, 5) is 0.214. The molecule has 0 aliphatic heterocycles. The SMILES string of the molecule is Cc1ccc(S(=O)(=O)N=Cc2ccccc2C(C)C)cc1. The lowest BCUT2D eigenvalue weighted by Crippen LogP contribution is -2.00. The van der Waals surface area contributed by atoms with Crippen molar-refractivity contribution in [2.75, 3.05) is 0 Å². The van der Waals surface area contributed by atoms with Crippen LogP contribution in [0, 0.1) is 6.92 Å². The number of nitrogens with zero attached hydrogens (tertiary/aromatic N) is 1. The predicted molar refractivity (Wildman–Crippen MR) is 86.5 cm³/mol. The number of benzene rings is 2. The minimum Gasteiger partial charge on any atom is -0.199 e. The lowest BCUT2D eigenvalue weighted by molar-refractivity contribution is 0.598. The van der Waals surface area contributed by atoms with Crippen molar-refractivity contribution in [2.45, 2.75) is 31.6 Å². The van der Waals surface area contributed by atoms with E-state index in [1.165, 1.54) is 6.21 Å². The molecule has 2 aromatic rings. The fourth-order valence-corrected chi connectivity index (χ4v) is 2.91. The third kappa shape index (κ3) is 3.79. The molecule has 0 saturated heterocycles. The summed E-state index contributed by atoms with van der Waals surface area (Å²) in [5, 5.41) is 0. The van der Waals surface area contributed by atoms with Crippen LogP contribution in [-0.4, -0.2) is 14.6 Å². The first-order valence-electron chi connectivity index (χ1n) is 6.86. The van der Waals surface area contributed by atoms with Gasteiger partial charge in [0.2, 0.25) is 0 Å². The Hall–Kier alpha value is -1.94. The molecule has 2 rings (SSSR count). The van der Waals surface area contributed by atoms with Gasteiger partial charge in [0.25, 0.3) is 10.0 Å². The van der Waals surface area contributed by atoms with Gasteiger partial charge in [0, 0.05) is 6.21 Å². The van der Waals surface area contributed by atoms with Gasteiger partial charge < -0.3 is 0 Å². The van der Waals surface area contributed by atoms with E-state index in [-0.39, 0.29) is 4.90 Å². The summed E-state index contributed by atoms with van der Waals surface area (Å²) in [5.74, 6) is 0.315. The van der Waals surface area contributed by atoms with Crippen LogP contribution in [0.25, 0.3) is 0 Å². The van der Waals surface area contributed by atoms with Crippen molar-refractivity contribution in [3.05, 3.63) is 65.2 Å².